The van der Waals surface area contributed by atoms with E-state index in [0.29, 0.717) is 6.54 Å². The molecule has 0 aliphatic heterocycles. The van der Waals surface area contributed by atoms with Gasteiger partial charge in [-0.3, -0.25) is 24.5 Å². The molecule has 0 radical (unpaired) electrons. The molecule has 36 heavy (non-hydrogen) atoms. The van der Waals surface area contributed by atoms with Crippen LogP contribution in [0.25, 0.3) is 0 Å². The lowest BCUT2D eigenvalue weighted by Crippen LogP contribution is -2.45. The Morgan fingerprint density at radius 2 is 1.22 bits per heavy atom. The summed E-state index contributed by atoms with van der Waals surface area (Å²) in [4.78, 5) is 37.3. The van der Waals surface area contributed by atoms with Crippen molar-refractivity contribution in [1.29, 1.82) is 0 Å². The highest BCUT2D eigenvalue weighted by molar-refractivity contribution is 5.75. The van der Waals surface area contributed by atoms with Gasteiger partial charge in [-0.25, -0.2) is 4.79 Å². The van der Waals surface area contributed by atoms with E-state index in [4.69, 9.17) is 0 Å². The molecule has 7 heteroatoms. The number of nitrogens with zero attached hydrogens (tertiary/aromatic N) is 1. The zero-order valence-corrected chi connectivity index (χ0v) is 20.0. The normalized spacial score (nSPS) is 11.2. The van der Waals surface area contributed by atoms with Crippen LogP contribution in [0, 0.1) is 0 Å². The summed E-state index contributed by atoms with van der Waals surface area (Å²) in [5.41, 5.74) is 1.87. The van der Waals surface area contributed by atoms with Gasteiger partial charge in [-0.15, -0.1) is 0 Å². The molecule has 7 nitrogen and oxygen atoms in total. The van der Waals surface area contributed by atoms with Crippen molar-refractivity contribution in [3.63, 3.8) is 0 Å². The minimum absolute atomic E-state index is 0.132. The smallest absolute Gasteiger partial charge is 0.328 e. The SMILES string of the molecule is O=C(Cn1ccc(=O)[nH]c1=O)NCCCCNC(c1ccccc1)(c1ccccc1)c1ccccc1. The molecule has 4 aromatic rings. The summed E-state index contributed by atoms with van der Waals surface area (Å²) >= 11 is 0. The lowest BCUT2D eigenvalue weighted by molar-refractivity contribution is -0.121. The van der Waals surface area contributed by atoms with Crippen LogP contribution in [0.5, 0.6) is 0 Å². The van der Waals surface area contributed by atoms with Gasteiger partial charge in [0.2, 0.25) is 5.91 Å². The number of carbonyl (C=O) groups is 1. The van der Waals surface area contributed by atoms with Gasteiger partial charge >= 0.3 is 5.69 Å². The van der Waals surface area contributed by atoms with E-state index in [1.807, 2.05) is 18.2 Å². The minimum Gasteiger partial charge on any atom is -0.355 e. The van der Waals surface area contributed by atoms with Crippen LogP contribution in [-0.4, -0.2) is 28.5 Å². The summed E-state index contributed by atoms with van der Waals surface area (Å²) < 4.78 is 1.17. The Morgan fingerprint density at radius 1 is 0.722 bits per heavy atom. The van der Waals surface area contributed by atoms with Crippen molar-refractivity contribution in [2.75, 3.05) is 13.1 Å². The Balaban J connectivity index is 1.42. The van der Waals surface area contributed by atoms with Crippen molar-refractivity contribution in [3.8, 4) is 0 Å². The molecular formula is C29H30N4O3. The van der Waals surface area contributed by atoms with Crippen molar-refractivity contribution >= 4 is 5.91 Å². The monoisotopic (exact) mass is 482 g/mol. The number of carbonyl (C=O) groups excluding carboxylic acids is 1. The number of rotatable bonds is 11. The highest BCUT2D eigenvalue weighted by Crippen LogP contribution is 2.36. The molecule has 4 rings (SSSR count). The Hall–Kier alpha value is -4.23. The van der Waals surface area contributed by atoms with Crippen LogP contribution < -0.4 is 21.9 Å². The lowest BCUT2D eigenvalue weighted by Gasteiger charge is -2.37. The Kier molecular flexibility index (Phi) is 8.26. The predicted molar refractivity (Wildman–Crippen MR) is 141 cm³/mol. The number of benzene rings is 3. The van der Waals surface area contributed by atoms with Crippen molar-refractivity contribution in [3.05, 3.63) is 141 Å². The van der Waals surface area contributed by atoms with Crippen LogP contribution in [0.1, 0.15) is 29.5 Å². The number of unbranched alkanes of at least 4 members (excludes halogenated alkanes) is 1. The van der Waals surface area contributed by atoms with Gasteiger partial charge in [0.25, 0.3) is 5.56 Å². The second-order valence-electron chi connectivity index (χ2n) is 8.57. The van der Waals surface area contributed by atoms with E-state index in [-0.39, 0.29) is 12.5 Å². The first-order valence-electron chi connectivity index (χ1n) is 12.1. The molecule has 1 heterocycles. The molecule has 1 amide bonds. The Bertz CT molecular complexity index is 1270. The molecule has 0 atom stereocenters. The van der Waals surface area contributed by atoms with Gasteiger partial charge in [0.1, 0.15) is 6.54 Å². The minimum atomic E-state index is -0.596. The fourth-order valence-electron chi connectivity index (χ4n) is 4.40. The number of aromatic nitrogens is 2. The fraction of sp³-hybridized carbons (Fsp3) is 0.207. The van der Waals surface area contributed by atoms with Crippen molar-refractivity contribution in [2.45, 2.75) is 24.9 Å². The molecule has 184 valence electrons. The number of nitrogens with one attached hydrogen (secondary N) is 3. The average molecular weight is 483 g/mol. The zero-order chi connectivity index (χ0) is 25.2. The summed E-state index contributed by atoms with van der Waals surface area (Å²) in [6, 6.07) is 32.5. The molecule has 3 aromatic carbocycles. The zero-order valence-electron chi connectivity index (χ0n) is 20.0. The second kappa shape index (κ2) is 12.0. The van der Waals surface area contributed by atoms with E-state index in [0.717, 1.165) is 36.1 Å². The predicted octanol–water partition coefficient (Wildman–Crippen LogP) is 3.01. The maximum Gasteiger partial charge on any atom is 0.328 e. The fourth-order valence-corrected chi connectivity index (χ4v) is 4.40. The highest BCUT2D eigenvalue weighted by Gasteiger charge is 2.35. The van der Waals surface area contributed by atoms with Crippen LogP contribution in [0.4, 0.5) is 0 Å². The molecule has 0 aliphatic rings. The van der Waals surface area contributed by atoms with Gasteiger partial charge in [-0.2, -0.15) is 0 Å². The third-order valence-corrected chi connectivity index (χ3v) is 6.15. The summed E-state index contributed by atoms with van der Waals surface area (Å²) in [6.07, 6.45) is 2.93. The third kappa shape index (κ3) is 5.87. The molecular weight excluding hydrogens is 452 g/mol. The van der Waals surface area contributed by atoms with Crippen LogP contribution >= 0.6 is 0 Å². The van der Waals surface area contributed by atoms with Gasteiger partial charge in [0.15, 0.2) is 0 Å². The van der Waals surface area contributed by atoms with Crippen molar-refractivity contribution < 1.29 is 4.79 Å². The standard InChI is InChI=1S/C29H30N4O3/c34-26-18-21-33(28(36)32-26)22-27(35)30-19-10-11-20-31-29(23-12-4-1-5-13-23,24-14-6-2-7-15-24)25-16-8-3-9-17-25/h1-9,12-18,21,31H,10-11,19-20,22H2,(H,30,35)(H,32,34,36). The first-order valence-corrected chi connectivity index (χ1v) is 12.1. The third-order valence-electron chi connectivity index (χ3n) is 6.15. The molecule has 0 aliphatic carbocycles. The van der Waals surface area contributed by atoms with Gasteiger partial charge < -0.3 is 5.32 Å². The topological polar surface area (TPSA) is 96.0 Å². The molecule has 0 saturated carbocycles. The average Bonchev–Trinajstić information content (AvgIpc) is 2.91. The Morgan fingerprint density at radius 3 is 1.72 bits per heavy atom. The molecule has 3 N–H and O–H groups in total. The van der Waals surface area contributed by atoms with Crippen LogP contribution in [0.2, 0.25) is 0 Å². The van der Waals surface area contributed by atoms with Crippen LogP contribution in [0.3, 0.4) is 0 Å². The van der Waals surface area contributed by atoms with E-state index in [1.54, 1.807) is 0 Å². The molecule has 1 aromatic heterocycles. The molecule has 0 unspecified atom stereocenters. The summed E-state index contributed by atoms with van der Waals surface area (Å²) in [5, 5.41) is 6.68. The highest BCUT2D eigenvalue weighted by atomic mass is 16.2. The van der Waals surface area contributed by atoms with Gasteiger partial charge in [-0.1, -0.05) is 91.0 Å². The van der Waals surface area contributed by atoms with E-state index < -0.39 is 16.8 Å². The van der Waals surface area contributed by atoms with Gasteiger partial charge in [-0.05, 0) is 36.1 Å². The molecule has 0 saturated heterocycles. The van der Waals surface area contributed by atoms with Gasteiger partial charge in [0.05, 0.1) is 5.54 Å². The molecule has 0 bridgehead atoms. The number of hydrogen-bond donors (Lipinski definition) is 3. The van der Waals surface area contributed by atoms with Gasteiger partial charge in [0, 0.05) is 18.8 Å². The summed E-state index contributed by atoms with van der Waals surface area (Å²) in [7, 11) is 0. The molecule has 0 spiro atoms. The van der Waals surface area contributed by atoms with Crippen molar-refractivity contribution in [2.24, 2.45) is 0 Å². The number of hydrogen-bond acceptors (Lipinski definition) is 4. The number of aromatic amines is 1. The van der Waals surface area contributed by atoms with E-state index in [1.165, 1.54) is 16.8 Å². The maximum absolute atomic E-state index is 12.2. The summed E-state index contributed by atoms with van der Waals surface area (Å²) in [5.74, 6) is -0.274. The van der Waals surface area contributed by atoms with Crippen molar-refractivity contribution in [1.82, 2.24) is 20.2 Å². The number of H-pyrrole nitrogens is 1. The van der Waals surface area contributed by atoms with E-state index >= 15 is 0 Å². The van der Waals surface area contributed by atoms with Crippen LogP contribution in [-0.2, 0) is 16.9 Å². The molecule has 0 fully saturated rings. The first kappa shape index (κ1) is 24.9. The quantitative estimate of drug-likeness (QED) is 0.226. The second-order valence-corrected chi connectivity index (χ2v) is 8.57. The number of amides is 1. The Labute approximate surface area is 209 Å². The van der Waals surface area contributed by atoms with E-state index in [2.05, 4.69) is 88.4 Å². The first-order chi connectivity index (χ1) is 17.6. The van der Waals surface area contributed by atoms with Crippen LogP contribution in [0.15, 0.2) is 113 Å². The van der Waals surface area contributed by atoms with E-state index in [9.17, 15) is 14.4 Å². The lowest BCUT2D eigenvalue weighted by atomic mass is 9.77. The largest absolute Gasteiger partial charge is 0.355 e. The maximum atomic E-state index is 12.2. The summed E-state index contributed by atoms with van der Waals surface area (Å²) in [6.45, 7) is 1.09.